The van der Waals surface area contributed by atoms with E-state index in [9.17, 15) is 0 Å². The van der Waals surface area contributed by atoms with Crippen molar-refractivity contribution in [1.82, 2.24) is 9.97 Å². The van der Waals surface area contributed by atoms with E-state index >= 15 is 0 Å². The van der Waals surface area contributed by atoms with Gasteiger partial charge in [0.2, 0.25) is 0 Å². The van der Waals surface area contributed by atoms with E-state index in [1.807, 2.05) is 36.4 Å². The van der Waals surface area contributed by atoms with Crippen LogP contribution in [0.1, 0.15) is 0 Å². The lowest BCUT2D eigenvalue weighted by atomic mass is 9.91. The molecule has 3 heterocycles. The first-order chi connectivity index (χ1) is 21.8. The minimum Gasteiger partial charge on any atom is -0.456 e. The van der Waals surface area contributed by atoms with Crippen LogP contribution in [0.2, 0.25) is 0 Å². The van der Waals surface area contributed by atoms with E-state index in [0.717, 1.165) is 77.1 Å². The Morgan fingerprint density at radius 1 is 0.409 bits per heavy atom. The molecule has 4 heteroatoms. The molecule has 0 aliphatic heterocycles. The standard InChI is InChI=1S/C40H22N2O2/c1-2-10-23(11-3-1)24-12-6-13-25(22-24)37-39-38(28-14-4-5-19-31(28)44-39)42-40(41-37)30-18-7-15-26-27-16-8-20-32-35(27)36-29(34(26)30)17-9-21-33(36)43-32/h1-22H. The van der Waals surface area contributed by atoms with E-state index in [-0.39, 0.29) is 0 Å². The third-order valence-corrected chi connectivity index (χ3v) is 8.85. The van der Waals surface area contributed by atoms with Crippen molar-refractivity contribution in [3.63, 3.8) is 0 Å². The number of aromatic nitrogens is 2. The Morgan fingerprint density at radius 2 is 1.02 bits per heavy atom. The summed E-state index contributed by atoms with van der Waals surface area (Å²) in [6, 6.07) is 46.1. The molecule has 3 aromatic heterocycles. The average molecular weight is 563 g/mol. The second kappa shape index (κ2) is 8.76. The van der Waals surface area contributed by atoms with E-state index in [1.54, 1.807) is 0 Å². The van der Waals surface area contributed by atoms with Crippen molar-refractivity contribution in [2.45, 2.75) is 0 Å². The minimum atomic E-state index is 0.664. The first-order valence-corrected chi connectivity index (χ1v) is 14.8. The molecule has 0 amide bonds. The Labute approximate surface area is 251 Å². The van der Waals surface area contributed by atoms with Crippen molar-refractivity contribution < 1.29 is 8.83 Å². The van der Waals surface area contributed by atoms with Crippen LogP contribution in [-0.2, 0) is 0 Å². The number of hydrogen-bond acceptors (Lipinski definition) is 4. The number of benzene rings is 7. The molecule has 10 aromatic rings. The summed E-state index contributed by atoms with van der Waals surface area (Å²) < 4.78 is 12.8. The highest BCUT2D eigenvalue weighted by Gasteiger charge is 2.22. The lowest BCUT2D eigenvalue weighted by Crippen LogP contribution is -1.95. The van der Waals surface area contributed by atoms with Crippen molar-refractivity contribution in [2.75, 3.05) is 0 Å². The molecule has 0 aliphatic rings. The monoisotopic (exact) mass is 562 g/mol. The normalized spacial score (nSPS) is 12.1. The highest BCUT2D eigenvalue weighted by Crippen LogP contribution is 2.45. The molecule has 204 valence electrons. The van der Waals surface area contributed by atoms with Gasteiger partial charge in [0.25, 0.3) is 0 Å². The molecule has 0 fully saturated rings. The molecule has 0 bridgehead atoms. The number of hydrogen-bond donors (Lipinski definition) is 0. The molecule has 0 saturated heterocycles. The summed E-state index contributed by atoms with van der Waals surface area (Å²) in [6.45, 7) is 0. The maximum Gasteiger partial charge on any atom is 0.180 e. The van der Waals surface area contributed by atoms with Crippen molar-refractivity contribution in [3.8, 4) is 33.8 Å². The predicted molar refractivity (Wildman–Crippen MR) is 179 cm³/mol. The average Bonchev–Trinajstić information content (AvgIpc) is 3.67. The third-order valence-electron chi connectivity index (χ3n) is 8.85. The van der Waals surface area contributed by atoms with Gasteiger partial charge in [-0.1, -0.05) is 103 Å². The molecule has 10 rings (SSSR count). The van der Waals surface area contributed by atoms with Gasteiger partial charge in [-0.3, -0.25) is 0 Å². The lowest BCUT2D eigenvalue weighted by molar-refractivity contribution is 0.667. The highest BCUT2D eigenvalue weighted by atomic mass is 16.3. The van der Waals surface area contributed by atoms with E-state index in [1.165, 1.54) is 10.8 Å². The number of rotatable bonds is 3. The van der Waals surface area contributed by atoms with Crippen LogP contribution in [0.15, 0.2) is 142 Å². The number of para-hydroxylation sites is 1. The second-order valence-electron chi connectivity index (χ2n) is 11.3. The van der Waals surface area contributed by atoms with E-state index in [4.69, 9.17) is 18.8 Å². The van der Waals surface area contributed by atoms with E-state index in [0.29, 0.717) is 11.4 Å². The summed E-state index contributed by atoms with van der Waals surface area (Å²) in [5.74, 6) is 0.664. The van der Waals surface area contributed by atoms with Gasteiger partial charge in [-0.25, -0.2) is 9.97 Å². The van der Waals surface area contributed by atoms with Gasteiger partial charge in [-0.15, -0.1) is 0 Å². The molecule has 0 N–H and O–H groups in total. The molecule has 4 nitrogen and oxygen atoms in total. The van der Waals surface area contributed by atoms with Gasteiger partial charge in [0.1, 0.15) is 28.0 Å². The molecular formula is C40H22N2O2. The van der Waals surface area contributed by atoms with E-state index < -0.39 is 0 Å². The fourth-order valence-electron chi connectivity index (χ4n) is 6.94. The molecular weight excluding hydrogens is 540 g/mol. The molecule has 0 aliphatic carbocycles. The quantitative estimate of drug-likeness (QED) is 0.201. The van der Waals surface area contributed by atoms with Crippen LogP contribution < -0.4 is 0 Å². The smallest absolute Gasteiger partial charge is 0.180 e. The van der Waals surface area contributed by atoms with Crippen LogP contribution in [0.3, 0.4) is 0 Å². The SMILES string of the molecule is c1ccc(-c2cccc(-c3nc(-c4cccc5c6cccc7oc8cccc(c45)c8c76)nc4c3oc3ccccc34)c2)cc1. The summed E-state index contributed by atoms with van der Waals surface area (Å²) in [5, 5.41) is 7.86. The lowest BCUT2D eigenvalue weighted by Gasteiger charge is -2.13. The molecule has 0 radical (unpaired) electrons. The largest absolute Gasteiger partial charge is 0.456 e. The topological polar surface area (TPSA) is 52.1 Å². The van der Waals surface area contributed by atoms with Gasteiger partial charge in [-0.2, -0.15) is 0 Å². The number of fused-ring (bicyclic) bond motifs is 6. The maximum atomic E-state index is 6.47. The number of nitrogens with zero attached hydrogens (tertiary/aromatic N) is 2. The van der Waals surface area contributed by atoms with Crippen LogP contribution in [-0.4, -0.2) is 9.97 Å². The molecule has 0 atom stereocenters. The minimum absolute atomic E-state index is 0.664. The van der Waals surface area contributed by atoms with Crippen LogP contribution in [0.5, 0.6) is 0 Å². The Hall–Kier alpha value is -6.00. The van der Waals surface area contributed by atoms with Gasteiger partial charge >= 0.3 is 0 Å². The van der Waals surface area contributed by atoms with Crippen molar-refractivity contribution in [2.24, 2.45) is 0 Å². The second-order valence-corrected chi connectivity index (χ2v) is 11.3. The summed E-state index contributed by atoms with van der Waals surface area (Å²) in [7, 11) is 0. The molecule has 0 unspecified atom stereocenters. The molecule has 7 aromatic carbocycles. The zero-order valence-electron chi connectivity index (χ0n) is 23.4. The van der Waals surface area contributed by atoms with Crippen LogP contribution >= 0.6 is 0 Å². The highest BCUT2D eigenvalue weighted by molar-refractivity contribution is 6.34. The zero-order valence-corrected chi connectivity index (χ0v) is 23.4. The Bertz CT molecular complexity index is 2720. The van der Waals surface area contributed by atoms with Gasteiger partial charge in [0, 0.05) is 32.7 Å². The fourth-order valence-corrected chi connectivity index (χ4v) is 6.94. The third kappa shape index (κ3) is 3.22. The molecule has 44 heavy (non-hydrogen) atoms. The zero-order chi connectivity index (χ0) is 28.8. The number of furan rings is 2. The summed E-state index contributed by atoms with van der Waals surface area (Å²) in [5.41, 5.74) is 9.10. The summed E-state index contributed by atoms with van der Waals surface area (Å²) in [6.07, 6.45) is 0. The first-order valence-electron chi connectivity index (χ1n) is 14.8. The van der Waals surface area contributed by atoms with Crippen molar-refractivity contribution in [1.29, 1.82) is 0 Å². The summed E-state index contributed by atoms with van der Waals surface area (Å²) in [4.78, 5) is 10.5. The Morgan fingerprint density at radius 3 is 1.89 bits per heavy atom. The predicted octanol–water partition coefficient (Wildman–Crippen LogP) is 11.0. The molecule has 0 spiro atoms. The van der Waals surface area contributed by atoms with Crippen LogP contribution in [0.25, 0.3) is 99.3 Å². The van der Waals surface area contributed by atoms with Crippen molar-refractivity contribution >= 4 is 65.6 Å². The first kappa shape index (κ1) is 23.6. The maximum absolute atomic E-state index is 6.47. The Kier molecular flexibility index (Phi) is 4.69. The van der Waals surface area contributed by atoms with Crippen LogP contribution in [0.4, 0.5) is 0 Å². The van der Waals surface area contributed by atoms with E-state index in [2.05, 4.69) is 97.1 Å². The van der Waals surface area contributed by atoms with Gasteiger partial charge < -0.3 is 8.83 Å². The Balaban J connectivity index is 1.32. The van der Waals surface area contributed by atoms with Gasteiger partial charge in [-0.05, 0) is 57.6 Å². The van der Waals surface area contributed by atoms with Gasteiger partial charge in [0.15, 0.2) is 11.4 Å². The summed E-state index contributed by atoms with van der Waals surface area (Å²) >= 11 is 0. The van der Waals surface area contributed by atoms with Crippen LogP contribution in [0, 0.1) is 0 Å². The van der Waals surface area contributed by atoms with Gasteiger partial charge in [0.05, 0.1) is 0 Å². The van der Waals surface area contributed by atoms with Crippen molar-refractivity contribution in [3.05, 3.63) is 133 Å². The molecule has 0 saturated carbocycles. The fraction of sp³-hybridized carbons (Fsp3) is 0.